The second kappa shape index (κ2) is 11.3. The summed E-state index contributed by atoms with van der Waals surface area (Å²) >= 11 is 0. The molecule has 2 aromatic carbocycles. The Bertz CT molecular complexity index is 1430. The molecule has 8 heteroatoms. The van der Waals surface area contributed by atoms with E-state index in [1.807, 2.05) is 47.5 Å². The highest BCUT2D eigenvalue weighted by molar-refractivity contribution is 5.86. The van der Waals surface area contributed by atoms with Gasteiger partial charge in [-0.1, -0.05) is 36.4 Å². The van der Waals surface area contributed by atoms with Gasteiger partial charge in [-0.05, 0) is 49.9 Å². The third kappa shape index (κ3) is 5.36. The van der Waals surface area contributed by atoms with Crippen LogP contribution in [0, 0.1) is 11.7 Å². The van der Waals surface area contributed by atoms with Gasteiger partial charge in [0.2, 0.25) is 5.91 Å². The highest BCUT2D eigenvalue weighted by atomic mass is 19.1. The predicted octanol–water partition coefficient (Wildman–Crippen LogP) is 5.36. The van der Waals surface area contributed by atoms with Gasteiger partial charge in [-0.3, -0.25) is 4.79 Å². The zero-order chi connectivity index (χ0) is 26.8. The molecule has 2 aromatic heterocycles. The Balaban J connectivity index is 1.27. The molecule has 1 aliphatic heterocycles. The van der Waals surface area contributed by atoms with E-state index < -0.39 is 0 Å². The molecule has 1 saturated carbocycles. The van der Waals surface area contributed by atoms with Gasteiger partial charge in [0.05, 0.1) is 11.4 Å². The Labute approximate surface area is 228 Å². The van der Waals surface area contributed by atoms with Gasteiger partial charge in [-0.25, -0.2) is 9.37 Å². The van der Waals surface area contributed by atoms with Gasteiger partial charge in [0.1, 0.15) is 17.8 Å². The lowest BCUT2D eigenvalue weighted by molar-refractivity contribution is -0.138. The number of piperidine rings is 1. The first-order valence-electron chi connectivity index (χ1n) is 13.9. The summed E-state index contributed by atoms with van der Waals surface area (Å²) in [5.74, 6) is 0.0590. The van der Waals surface area contributed by atoms with Crippen molar-refractivity contribution in [3.8, 4) is 11.3 Å². The van der Waals surface area contributed by atoms with Crippen LogP contribution in [0.1, 0.15) is 43.1 Å². The molecule has 204 valence electrons. The highest BCUT2D eigenvalue weighted by Gasteiger charge is 2.42. The van der Waals surface area contributed by atoms with E-state index in [4.69, 9.17) is 14.1 Å². The number of aryl methyl sites for hydroxylation is 1. The van der Waals surface area contributed by atoms with Gasteiger partial charge in [0, 0.05) is 62.5 Å². The molecule has 3 heterocycles. The molecule has 0 unspecified atom stereocenters. The molecule has 2 atom stereocenters. The summed E-state index contributed by atoms with van der Waals surface area (Å²) in [7, 11) is 1.69. The summed E-state index contributed by atoms with van der Waals surface area (Å²) < 4.78 is 28.4. The number of methoxy groups -OCH3 is 1. The summed E-state index contributed by atoms with van der Waals surface area (Å²) in [5, 5.41) is 4.01. The Morgan fingerprint density at radius 3 is 2.82 bits per heavy atom. The molecule has 1 N–H and O–H groups in total. The van der Waals surface area contributed by atoms with Crippen molar-refractivity contribution in [1.29, 1.82) is 0 Å². The lowest BCUT2D eigenvalue weighted by atomic mass is 9.85. The van der Waals surface area contributed by atoms with Crippen molar-refractivity contribution >= 4 is 16.8 Å². The Morgan fingerprint density at radius 1 is 1.18 bits per heavy atom. The number of hydrogen-bond acceptors (Lipinski definition) is 5. The molecule has 2 fully saturated rings. The number of amides is 1. The van der Waals surface area contributed by atoms with Crippen LogP contribution in [0.3, 0.4) is 0 Å². The Morgan fingerprint density at radius 2 is 2.03 bits per heavy atom. The maximum absolute atomic E-state index is 15.1. The summed E-state index contributed by atoms with van der Waals surface area (Å²) in [6.45, 7) is 3.14. The van der Waals surface area contributed by atoms with Crippen LogP contribution in [0.4, 0.5) is 4.39 Å². The fourth-order valence-electron chi connectivity index (χ4n) is 5.86. The van der Waals surface area contributed by atoms with Gasteiger partial charge < -0.3 is 23.9 Å². The number of ether oxygens (including phenoxy) is 1. The fraction of sp³-hybridized carbons (Fsp3) is 0.419. The van der Waals surface area contributed by atoms with Crippen LogP contribution >= 0.6 is 0 Å². The average molecular weight is 531 g/mol. The van der Waals surface area contributed by atoms with E-state index in [1.54, 1.807) is 19.4 Å². The molecular formula is C31H35FN4O3. The van der Waals surface area contributed by atoms with Crippen LogP contribution in [0.2, 0.25) is 0 Å². The molecule has 0 radical (unpaired) electrons. The monoisotopic (exact) mass is 530 g/mol. The fourth-order valence-corrected chi connectivity index (χ4v) is 5.86. The third-order valence-corrected chi connectivity index (χ3v) is 8.00. The van der Waals surface area contributed by atoms with Crippen molar-refractivity contribution in [2.75, 3.05) is 26.8 Å². The minimum Gasteiger partial charge on any atom is -0.448 e. The molecule has 1 saturated heterocycles. The van der Waals surface area contributed by atoms with E-state index in [1.165, 1.54) is 6.07 Å². The second-order valence-corrected chi connectivity index (χ2v) is 10.7. The standard InChI is InChI=1S/C31H35FN4O3/c1-38-16-6-15-35-18-22(29-26(32)9-5-10-28(29)35)19-36(23-11-12-23)31(37)25-17-33-14-13-24(25)30-34-27(20-39-30)21-7-3-2-4-8-21/h2-5,7-10,18,20,23-25,33H,6,11-17,19H2,1H3/t24-,25-/m0/s1. The zero-order valence-electron chi connectivity index (χ0n) is 22.3. The van der Waals surface area contributed by atoms with Crippen molar-refractivity contribution in [1.82, 2.24) is 19.8 Å². The first-order valence-corrected chi connectivity index (χ1v) is 13.9. The number of oxazole rings is 1. The number of nitrogens with one attached hydrogen (secondary N) is 1. The SMILES string of the molecule is COCCCn1cc(CN(C(=O)[C@H]2CNCC[C@@H]2c2nc(-c3ccccc3)co2)C2CC2)c2c(F)cccc21. The molecule has 0 spiro atoms. The Hall–Kier alpha value is -3.49. The molecule has 7 nitrogen and oxygen atoms in total. The van der Waals surface area contributed by atoms with Crippen LogP contribution in [-0.4, -0.2) is 53.2 Å². The molecule has 2 aliphatic rings. The van der Waals surface area contributed by atoms with Crippen LogP contribution in [0.15, 0.2) is 65.4 Å². The highest BCUT2D eigenvalue weighted by Crippen LogP contribution is 2.37. The quantitative estimate of drug-likeness (QED) is 0.280. The molecule has 39 heavy (non-hydrogen) atoms. The number of carbonyl (C=O) groups excluding carboxylic acids is 1. The topological polar surface area (TPSA) is 72.5 Å². The van der Waals surface area contributed by atoms with Crippen LogP contribution in [0.25, 0.3) is 22.2 Å². The zero-order valence-corrected chi connectivity index (χ0v) is 22.3. The number of rotatable bonds is 10. The molecule has 0 bridgehead atoms. The molecular weight excluding hydrogens is 495 g/mol. The van der Waals surface area contributed by atoms with Crippen LogP contribution in [-0.2, 0) is 22.6 Å². The molecule has 1 aliphatic carbocycles. The summed E-state index contributed by atoms with van der Waals surface area (Å²) in [4.78, 5) is 21.0. The lowest BCUT2D eigenvalue weighted by Crippen LogP contribution is -2.47. The number of carbonyl (C=O) groups is 1. The van der Waals surface area contributed by atoms with Crippen molar-refractivity contribution in [2.24, 2.45) is 5.92 Å². The van der Waals surface area contributed by atoms with Crippen molar-refractivity contribution in [3.05, 3.63) is 78.3 Å². The normalized spacial score (nSPS) is 19.4. The van der Waals surface area contributed by atoms with E-state index in [9.17, 15) is 4.79 Å². The molecule has 1 amide bonds. The number of hydrogen-bond donors (Lipinski definition) is 1. The Kier molecular flexibility index (Phi) is 7.48. The van der Waals surface area contributed by atoms with Gasteiger partial charge in [-0.2, -0.15) is 0 Å². The third-order valence-electron chi connectivity index (χ3n) is 8.00. The summed E-state index contributed by atoms with van der Waals surface area (Å²) in [6.07, 6.45) is 7.26. The molecule has 4 aromatic rings. The number of benzene rings is 2. The predicted molar refractivity (Wildman–Crippen MR) is 148 cm³/mol. The van der Waals surface area contributed by atoms with Gasteiger partial charge >= 0.3 is 0 Å². The minimum absolute atomic E-state index is 0.0887. The largest absolute Gasteiger partial charge is 0.448 e. The maximum Gasteiger partial charge on any atom is 0.228 e. The second-order valence-electron chi connectivity index (χ2n) is 10.7. The number of aromatic nitrogens is 2. The van der Waals surface area contributed by atoms with E-state index >= 15 is 4.39 Å². The summed E-state index contributed by atoms with van der Waals surface area (Å²) in [6, 6.07) is 15.3. The maximum atomic E-state index is 15.1. The number of halogens is 1. The number of fused-ring (bicyclic) bond motifs is 1. The van der Waals surface area contributed by atoms with Gasteiger partial charge in [-0.15, -0.1) is 0 Å². The van der Waals surface area contributed by atoms with Gasteiger partial charge in [0.25, 0.3) is 0 Å². The number of nitrogens with zero attached hydrogens (tertiary/aromatic N) is 3. The van der Waals surface area contributed by atoms with Gasteiger partial charge in [0.15, 0.2) is 5.89 Å². The smallest absolute Gasteiger partial charge is 0.228 e. The van der Waals surface area contributed by atoms with E-state index in [2.05, 4.69) is 9.88 Å². The van der Waals surface area contributed by atoms with Crippen molar-refractivity contribution in [2.45, 2.75) is 50.7 Å². The lowest BCUT2D eigenvalue weighted by Gasteiger charge is -2.34. The van der Waals surface area contributed by atoms with E-state index in [0.29, 0.717) is 31.0 Å². The van der Waals surface area contributed by atoms with Crippen LogP contribution < -0.4 is 5.32 Å². The van der Waals surface area contributed by atoms with E-state index in [0.717, 1.165) is 61.1 Å². The average Bonchev–Trinajstić information content (AvgIpc) is 3.57. The first-order chi connectivity index (χ1) is 19.1. The molecule has 6 rings (SSSR count). The first kappa shape index (κ1) is 25.8. The minimum atomic E-state index is -0.290. The van der Waals surface area contributed by atoms with Crippen molar-refractivity contribution in [3.63, 3.8) is 0 Å². The summed E-state index contributed by atoms with van der Waals surface area (Å²) in [5.41, 5.74) is 3.48. The van der Waals surface area contributed by atoms with E-state index in [-0.39, 0.29) is 29.6 Å². The van der Waals surface area contributed by atoms with Crippen LogP contribution in [0.5, 0.6) is 0 Å². The van der Waals surface area contributed by atoms with Crippen molar-refractivity contribution < 1.29 is 18.3 Å².